The third-order valence-corrected chi connectivity index (χ3v) is 9.38. The molecule has 4 N–H and O–H groups in total. The van der Waals surface area contributed by atoms with Crippen molar-refractivity contribution in [3.05, 3.63) is 55.6 Å². The zero-order valence-corrected chi connectivity index (χ0v) is 29.3. The monoisotopic (exact) mass is 748 g/mol. The van der Waals surface area contributed by atoms with Crippen molar-refractivity contribution in [3.8, 4) is 23.0 Å². The number of methoxy groups -OCH3 is 2. The summed E-state index contributed by atoms with van der Waals surface area (Å²) in [7, 11) is 2.44. The number of hydrogen-bond donors (Lipinski definition) is 4. The fourth-order valence-corrected chi connectivity index (χ4v) is 6.44. The SMILES string of the molecule is COc1cc(OCCCCCOc2cc(OC)c(C(=O)N3C[C@H](O)C[C@@]3(C)C(=O)O)cc2[N+](=O)[O-])c([N+](=O)[O-])cc1C(=O)N1C[C@H](O)C[C@@]1(C)C(=O)O. The van der Waals surface area contributed by atoms with Crippen LogP contribution in [0.2, 0.25) is 0 Å². The molecule has 2 aromatic rings. The van der Waals surface area contributed by atoms with E-state index in [1.807, 2.05) is 0 Å². The van der Waals surface area contributed by atoms with Gasteiger partial charge in [-0.25, -0.2) is 9.59 Å². The first-order chi connectivity index (χ1) is 24.9. The number of nitro groups is 2. The predicted octanol–water partition coefficient (Wildman–Crippen LogP) is 2.25. The smallest absolute Gasteiger partial charge is 0.329 e. The van der Waals surface area contributed by atoms with Gasteiger partial charge >= 0.3 is 23.3 Å². The number of carbonyl (C=O) groups is 4. The number of aliphatic carboxylic acids is 2. The van der Waals surface area contributed by atoms with Gasteiger partial charge in [-0.15, -0.1) is 0 Å². The van der Waals surface area contributed by atoms with Crippen molar-refractivity contribution < 1.29 is 68.4 Å². The molecule has 20 nitrogen and oxygen atoms in total. The highest BCUT2D eigenvalue weighted by molar-refractivity contribution is 6.02. The summed E-state index contributed by atoms with van der Waals surface area (Å²) in [5, 5.41) is 63.5. The van der Waals surface area contributed by atoms with Gasteiger partial charge in [0.05, 0.1) is 60.6 Å². The standard InChI is InChI=1S/C33H40N4O16/c1-32(30(42)43)14-18(38)16-34(32)28(40)20-10-22(36(46)47)26(12-24(20)50-3)52-8-6-5-7-9-53-27-13-25(51-4)21(11-23(27)37(48)49)29(41)35-17-19(39)15-33(35,2)31(44)45/h10-13,18-19,38-39H,5-9,14-17H2,1-4H3,(H,42,43)(H,44,45)/t18-,19-,32+,33+/m1/s1. The Morgan fingerprint density at radius 1 is 0.698 bits per heavy atom. The Morgan fingerprint density at radius 2 is 1.06 bits per heavy atom. The van der Waals surface area contributed by atoms with Crippen molar-refractivity contribution in [2.45, 2.75) is 69.2 Å². The molecule has 0 saturated carbocycles. The van der Waals surface area contributed by atoms with Crippen LogP contribution in [0.5, 0.6) is 23.0 Å². The first kappa shape index (κ1) is 40.0. The molecule has 0 radical (unpaired) electrons. The number of likely N-dealkylation sites (tertiary alicyclic amines) is 2. The van der Waals surface area contributed by atoms with Crippen LogP contribution in [0, 0.1) is 20.2 Å². The Balaban J connectivity index is 1.40. The second-order valence-electron chi connectivity index (χ2n) is 13.0. The number of β-amino-alcohol motifs (C(OH)–C–C–N with tert-alkyl or cyclic N) is 2. The van der Waals surface area contributed by atoms with Gasteiger partial charge in [0, 0.05) is 50.2 Å². The van der Waals surface area contributed by atoms with Crippen molar-refractivity contribution in [1.29, 1.82) is 0 Å². The average molecular weight is 749 g/mol. The van der Waals surface area contributed by atoms with Crippen LogP contribution in [0.1, 0.15) is 66.7 Å². The largest absolute Gasteiger partial charge is 0.496 e. The molecule has 0 spiro atoms. The van der Waals surface area contributed by atoms with Crippen molar-refractivity contribution in [1.82, 2.24) is 9.80 Å². The van der Waals surface area contributed by atoms with E-state index in [0.717, 1.165) is 34.1 Å². The topological polar surface area (TPSA) is 279 Å². The summed E-state index contributed by atoms with van der Waals surface area (Å²) in [5.74, 6) is -5.13. The van der Waals surface area contributed by atoms with Crippen LogP contribution in [-0.4, -0.2) is 128 Å². The van der Waals surface area contributed by atoms with Gasteiger partial charge in [0.25, 0.3) is 11.8 Å². The van der Waals surface area contributed by atoms with Crippen molar-refractivity contribution in [2.75, 3.05) is 40.5 Å². The molecular formula is C33H40N4O16. The minimum atomic E-state index is -1.75. The van der Waals surface area contributed by atoms with Crippen LogP contribution in [0.3, 0.4) is 0 Å². The number of unbranched alkanes of at least 4 members (excludes halogenated alkanes) is 2. The Morgan fingerprint density at radius 3 is 1.36 bits per heavy atom. The molecule has 288 valence electrons. The van der Waals surface area contributed by atoms with E-state index in [1.54, 1.807) is 0 Å². The van der Waals surface area contributed by atoms with Crippen LogP contribution >= 0.6 is 0 Å². The van der Waals surface area contributed by atoms with Crippen molar-refractivity contribution in [2.24, 2.45) is 0 Å². The van der Waals surface area contributed by atoms with Gasteiger partial charge < -0.3 is 49.2 Å². The van der Waals surface area contributed by atoms with Crippen LogP contribution in [0.15, 0.2) is 24.3 Å². The first-order valence-electron chi connectivity index (χ1n) is 16.3. The van der Waals surface area contributed by atoms with Crippen LogP contribution in [0.25, 0.3) is 0 Å². The maximum absolute atomic E-state index is 13.4. The third kappa shape index (κ3) is 8.02. The van der Waals surface area contributed by atoms with E-state index in [4.69, 9.17) is 18.9 Å². The fraction of sp³-hybridized carbons (Fsp3) is 0.515. The summed E-state index contributed by atoms with van der Waals surface area (Å²) in [6, 6.07) is 4.15. The predicted molar refractivity (Wildman–Crippen MR) is 180 cm³/mol. The number of aliphatic hydroxyl groups is 2. The number of hydrogen-bond acceptors (Lipinski definition) is 14. The van der Waals surface area contributed by atoms with Crippen molar-refractivity contribution in [3.63, 3.8) is 0 Å². The minimum Gasteiger partial charge on any atom is -0.496 e. The van der Waals surface area contributed by atoms with E-state index < -0.39 is 68.3 Å². The van der Waals surface area contributed by atoms with Gasteiger partial charge in [0.15, 0.2) is 0 Å². The number of amides is 2. The molecule has 0 aromatic heterocycles. The molecule has 2 aliphatic heterocycles. The lowest BCUT2D eigenvalue weighted by Gasteiger charge is -2.31. The summed E-state index contributed by atoms with van der Waals surface area (Å²) in [5.41, 5.74) is -5.24. The Kier molecular flexibility index (Phi) is 12.0. The quantitative estimate of drug-likeness (QED) is 0.109. The molecule has 2 amide bonds. The van der Waals surface area contributed by atoms with E-state index in [-0.39, 0.29) is 73.3 Å². The molecular weight excluding hydrogens is 708 g/mol. The maximum Gasteiger partial charge on any atom is 0.329 e. The van der Waals surface area contributed by atoms with E-state index in [1.165, 1.54) is 28.1 Å². The van der Waals surface area contributed by atoms with E-state index >= 15 is 0 Å². The number of rotatable bonds is 16. The second-order valence-corrected chi connectivity index (χ2v) is 13.0. The zero-order valence-electron chi connectivity index (χ0n) is 29.3. The van der Waals surface area contributed by atoms with Crippen LogP contribution < -0.4 is 18.9 Å². The summed E-state index contributed by atoms with van der Waals surface area (Å²) in [6.07, 6.45) is -1.57. The van der Waals surface area contributed by atoms with Gasteiger partial charge in [-0.2, -0.15) is 0 Å². The van der Waals surface area contributed by atoms with E-state index in [9.17, 15) is 59.8 Å². The van der Waals surface area contributed by atoms with Gasteiger partial charge in [0.1, 0.15) is 22.6 Å². The molecule has 2 fully saturated rings. The molecule has 2 saturated heterocycles. The number of carbonyl (C=O) groups excluding carboxylic acids is 2. The minimum absolute atomic E-state index is 0.0298. The highest BCUT2D eigenvalue weighted by Crippen LogP contribution is 2.40. The Hall–Kier alpha value is -5.76. The summed E-state index contributed by atoms with van der Waals surface area (Å²) in [6.45, 7) is 1.88. The summed E-state index contributed by atoms with van der Waals surface area (Å²) < 4.78 is 21.8. The highest BCUT2D eigenvalue weighted by atomic mass is 16.6. The molecule has 2 heterocycles. The van der Waals surface area contributed by atoms with Gasteiger partial charge in [-0.05, 0) is 33.1 Å². The zero-order chi connectivity index (χ0) is 39.4. The number of nitro benzene ring substituents is 2. The van der Waals surface area contributed by atoms with Gasteiger partial charge in [-0.1, -0.05) is 0 Å². The number of benzene rings is 2. The van der Waals surface area contributed by atoms with Crippen molar-refractivity contribution >= 4 is 35.1 Å². The van der Waals surface area contributed by atoms with E-state index in [0.29, 0.717) is 19.3 Å². The molecule has 2 aliphatic rings. The van der Waals surface area contributed by atoms with Gasteiger partial charge in [-0.3, -0.25) is 29.8 Å². The molecule has 4 rings (SSSR count). The Labute approximate surface area is 301 Å². The maximum atomic E-state index is 13.4. The lowest BCUT2D eigenvalue weighted by Crippen LogP contribution is -2.50. The number of ether oxygens (including phenoxy) is 4. The third-order valence-electron chi connectivity index (χ3n) is 9.38. The van der Waals surface area contributed by atoms with Crippen LogP contribution in [-0.2, 0) is 9.59 Å². The number of nitrogens with zero attached hydrogens (tertiary/aromatic N) is 4. The number of carboxylic acid groups (broad SMARTS) is 2. The second kappa shape index (κ2) is 15.9. The lowest BCUT2D eigenvalue weighted by atomic mass is 9.97. The molecule has 20 heteroatoms. The number of aliphatic hydroxyl groups excluding tert-OH is 2. The molecule has 2 aromatic carbocycles. The Bertz CT molecular complexity index is 1670. The molecule has 0 unspecified atom stereocenters. The highest BCUT2D eigenvalue weighted by Gasteiger charge is 2.52. The molecule has 53 heavy (non-hydrogen) atoms. The fourth-order valence-electron chi connectivity index (χ4n) is 6.44. The first-order valence-corrected chi connectivity index (χ1v) is 16.3. The number of carboxylic acids is 2. The van der Waals surface area contributed by atoms with Gasteiger partial charge in [0.2, 0.25) is 11.5 Å². The lowest BCUT2D eigenvalue weighted by molar-refractivity contribution is -0.386. The summed E-state index contributed by atoms with van der Waals surface area (Å²) >= 11 is 0. The summed E-state index contributed by atoms with van der Waals surface area (Å²) in [4.78, 5) is 74.8. The molecule has 0 aliphatic carbocycles. The average Bonchev–Trinajstić information content (AvgIpc) is 3.60. The van der Waals surface area contributed by atoms with Crippen LogP contribution in [0.4, 0.5) is 11.4 Å². The molecule has 4 atom stereocenters. The normalized spacial score (nSPS) is 22.3. The molecule has 0 bridgehead atoms. The van der Waals surface area contributed by atoms with E-state index in [2.05, 4.69) is 0 Å².